The van der Waals surface area contributed by atoms with E-state index >= 15 is 0 Å². The maximum atomic E-state index is 9.32. The lowest BCUT2D eigenvalue weighted by Crippen LogP contribution is -2.26. The lowest BCUT2D eigenvalue weighted by Gasteiger charge is -2.17. The fourth-order valence-corrected chi connectivity index (χ4v) is 4.70. The summed E-state index contributed by atoms with van der Waals surface area (Å²) in [6.45, 7) is 2.24. The van der Waals surface area contributed by atoms with E-state index < -0.39 is 0 Å². The standard InChI is InChI=1S/C16H21NO/c1-9(10-4-6-13(18)7-5-10)17-16-14-11-2-3-12(8-11)15(14)16/h4-7,9,11-12,14-18H,2-3,8H2,1H3. The van der Waals surface area contributed by atoms with Crippen LogP contribution < -0.4 is 5.32 Å². The second kappa shape index (κ2) is 3.74. The first kappa shape index (κ1) is 10.9. The highest BCUT2D eigenvalue weighted by Gasteiger charge is 2.64. The third-order valence-corrected chi connectivity index (χ3v) is 5.57. The van der Waals surface area contributed by atoms with Gasteiger partial charge in [-0.2, -0.15) is 0 Å². The average molecular weight is 243 g/mol. The first-order valence-electron chi connectivity index (χ1n) is 7.29. The zero-order valence-electron chi connectivity index (χ0n) is 10.8. The predicted octanol–water partition coefficient (Wildman–Crippen LogP) is 3.09. The van der Waals surface area contributed by atoms with Gasteiger partial charge in [0.15, 0.2) is 0 Å². The smallest absolute Gasteiger partial charge is 0.115 e. The SMILES string of the molecule is CC(NC1C2C3CCC(C3)C12)c1ccc(O)cc1. The Balaban J connectivity index is 1.43. The van der Waals surface area contributed by atoms with Crippen molar-refractivity contribution >= 4 is 0 Å². The minimum atomic E-state index is 0.354. The van der Waals surface area contributed by atoms with Gasteiger partial charge >= 0.3 is 0 Å². The fourth-order valence-electron chi connectivity index (χ4n) is 4.70. The highest BCUT2D eigenvalue weighted by molar-refractivity contribution is 5.28. The Morgan fingerprint density at radius 2 is 1.72 bits per heavy atom. The van der Waals surface area contributed by atoms with Crippen molar-refractivity contribution in [3.05, 3.63) is 29.8 Å². The molecule has 0 heterocycles. The summed E-state index contributed by atoms with van der Waals surface area (Å²) in [6, 6.07) is 8.80. The van der Waals surface area contributed by atoms with Gasteiger partial charge in [0.1, 0.15) is 5.75 Å². The normalized spacial score (nSPS) is 41.7. The van der Waals surface area contributed by atoms with E-state index in [0.29, 0.717) is 11.8 Å². The summed E-state index contributed by atoms with van der Waals surface area (Å²) >= 11 is 0. The molecule has 18 heavy (non-hydrogen) atoms. The largest absolute Gasteiger partial charge is 0.508 e. The molecular weight excluding hydrogens is 222 g/mol. The van der Waals surface area contributed by atoms with Crippen LogP contribution in [0, 0.1) is 23.7 Å². The molecule has 1 aromatic carbocycles. The van der Waals surface area contributed by atoms with Gasteiger partial charge in [-0.25, -0.2) is 0 Å². The molecular formula is C16H21NO. The maximum Gasteiger partial charge on any atom is 0.115 e. The summed E-state index contributed by atoms with van der Waals surface area (Å²) in [6.07, 6.45) is 4.48. The van der Waals surface area contributed by atoms with Crippen molar-refractivity contribution in [1.82, 2.24) is 5.32 Å². The average Bonchev–Trinajstić information content (AvgIpc) is 2.78. The van der Waals surface area contributed by atoms with Crippen LogP contribution in [0.5, 0.6) is 5.75 Å². The summed E-state index contributed by atoms with van der Waals surface area (Å²) in [5, 5.41) is 13.1. The van der Waals surface area contributed by atoms with Crippen LogP contribution in [0.1, 0.15) is 37.8 Å². The van der Waals surface area contributed by atoms with Gasteiger partial charge in [0, 0.05) is 12.1 Å². The zero-order chi connectivity index (χ0) is 12.3. The van der Waals surface area contributed by atoms with Crippen LogP contribution in [0.4, 0.5) is 0 Å². The molecule has 96 valence electrons. The van der Waals surface area contributed by atoms with E-state index in [1.165, 1.54) is 24.8 Å². The minimum Gasteiger partial charge on any atom is -0.508 e. The highest BCUT2D eigenvalue weighted by Crippen LogP contribution is 2.65. The molecule has 5 unspecified atom stereocenters. The van der Waals surface area contributed by atoms with E-state index in [1.54, 1.807) is 12.1 Å². The highest BCUT2D eigenvalue weighted by atomic mass is 16.3. The second-order valence-electron chi connectivity index (χ2n) is 6.49. The monoisotopic (exact) mass is 243 g/mol. The van der Waals surface area contributed by atoms with Crippen molar-refractivity contribution in [2.45, 2.75) is 38.3 Å². The number of nitrogens with one attached hydrogen (secondary N) is 1. The molecule has 0 radical (unpaired) electrons. The van der Waals surface area contributed by atoms with Crippen LogP contribution in [0.2, 0.25) is 0 Å². The molecule has 0 amide bonds. The summed E-state index contributed by atoms with van der Waals surface area (Å²) in [5.74, 6) is 4.40. The molecule has 4 rings (SSSR count). The Morgan fingerprint density at radius 1 is 1.11 bits per heavy atom. The first-order valence-corrected chi connectivity index (χ1v) is 7.29. The number of phenols is 1. The van der Waals surface area contributed by atoms with Crippen LogP contribution in [-0.4, -0.2) is 11.1 Å². The number of phenolic OH excluding ortho intramolecular Hbond substituents is 1. The number of benzene rings is 1. The van der Waals surface area contributed by atoms with E-state index in [4.69, 9.17) is 0 Å². The van der Waals surface area contributed by atoms with Crippen molar-refractivity contribution in [3.8, 4) is 5.75 Å². The zero-order valence-corrected chi connectivity index (χ0v) is 10.8. The molecule has 3 saturated carbocycles. The van der Waals surface area contributed by atoms with Gasteiger partial charge in [0.25, 0.3) is 0 Å². The van der Waals surface area contributed by atoms with Crippen LogP contribution in [0.25, 0.3) is 0 Å². The van der Waals surface area contributed by atoms with Crippen LogP contribution in [-0.2, 0) is 0 Å². The van der Waals surface area contributed by atoms with Crippen molar-refractivity contribution in [2.24, 2.45) is 23.7 Å². The van der Waals surface area contributed by atoms with E-state index in [2.05, 4.69) is 12.2 Å². The molecule has 2 nitrogen and oxygen atoms in total. The van der Waals surface area contributed by atoms with Crippen LogP contribution >= 0.6 is 0 Å². The number of aromatic hydroxyl groups is 1. The van der Waals surface area contributed by atoms with Crippen molar-refractivity contribution in [3.63, 3.8) is 0 Å². The van der Waals surface area contributed by atoms with Crippen LogP contribution in [0.3, 0.4) is 0 Å². The third-order valence-electron chi connectivity index (χ3n) is 5.57. The molecule has 5 atom stereocenters. The lowest BCUT2D eigenvalue weighted by atomic mass is 10.0. The predicted molar refractivity (Wildman–Crippen MR) is 71.3 cm³/mol. The summed E-state index contributed by atoms with van der Waals surface area (Å²) < 4.78 is 0. The van der Waals surface area contributed by atoms with Gasteiger partial charge < -0.3 is 10.4 Å². The van der Waals surface area contributed by atoms with E-state index in [1.807, 2.05) is 12.1 Å². The molecule has 1 aromatic rings. The number of fused-ring (bicyclic) bond motifs is 5. The van der Waals surface area contributed by atoms with Gasteiger partial charge in [-0.1, -0.05) is 12.1 Å². The van der Waals surface area contributed by atoms with Gasteiger partial charge in [0.2, 0.25) is 0 Å². The molecule has 3 aliphatic rings. The Bertz CT molecular complexity index is 439. The van der Waals surface area contributed by atoms with E-state index in [9.17, 15) is 5.11 Å². The molecule has 2 bridgehead atoms. The maximum absolute atomic E-state index is 9.32. The topological polar surface area (TPSA) is 32.3 Å². The summed E-state index contributed by atoms with van der Waals surface area (Å²) in [7, 11) is 0. The molecule has 0 aliphatic heterocycles. The van der Waals surface area contributed by atoms with Gasteiger partial charge in [-0.3, -0.25) is 0 Å². The number of rotatable bonds is 3. The molecule has 0 spiro atoms. The summed E-state index contributed by atoms with van der Waals surface area (Å²) in [5.41, 5.74) is 1.28. The molecule has 0 aromatic heterocycles. The Hall–Kier alpha value is -1.02. The van der Waals surface area contributed by atoms with Gasteiger partial charge in [-0.15, -0.1) is 0 Å². The summed E-state index contributed by atoms with van der Waals surface area (Å²) in [4.78, 5) is 0. The van der Waals surface area contributed by atoms with Crippen molar-refractivity contribution in [2.75, 3.05) is 0 Å². The Morgan fingerprint density at radius 3 is 2.33 bits per heavy atom. The molecule has 2 N–H and O–H groups in total. The lowest BCUT2D eigenvalue weighted by molar-refractivity contribution is 0.432. The Labute approximate surface area is 108 Å². The minimum absolute atomic E-state index is 0.354. The number of hydrogen-bond donors (Lipinski definition) is 2. The van der Waals surface area contributed by atoms with Crippen LogP contribution in [0.15, 0.2) is 24.3 Å². The van der Waals surface area contributed by atoms with E-state index in [0.717, 1.165) is 29.7 Å². The number of hydrogen-bond acceptors (Lipinski definition) is 2. The van der Waals surface area contributed by atoms with Crippen molar-refractivity contribution in [1.29, 1.82) is 0 Å². The fraction of sp³-hybridized carbons (Fsp3) is 0.625. The first-order chi connectivity index (χ1) is 8.74. The van der Waals surface area contributed by atoms with Gasteiger partial charge in [0.05, 0.1) is 0 Å². The quantitative estimate of drug-likeness (QED) is 0.855. The molecule has 0 saturated heterocycles. The second-order valence-corrected chi connectivity index (χ2v) is 6.49. The molecule has 3 aliphatic carbocycles. The van der Waals surface area contributed by atoms with Gasteiger partial charge in [-0.05, 0) is 67.6 Å². The van der Waals surface area contributed by atoms with E-state index in [-0.39, 0.29) is 0 Å². The Kier molecular flexibility index (Phi) is 2.25. The third kappa shape index (κ3) is 1.51. The molecule has 3 fully saturated rings. The molecule has 2 heteroatoms. The van der Waals surface area contributed by atoms with Crippen molar-refractivity contribution < 1.29 is 5.11 Å².